The number of benzene rings is 2. The molecule has 0 radical (unpaired) electrons. The van der Waals surface area contributed by atoms with Gasteiger partial charge < -0.3 is 15.7 Å². The Balaban J connectivity index is 1.55. The largest absolute Gasteiger partial charge is 0.383 e. The van der Waals surface area contributed by atoms with E-state index in [1.807, 2.05) is 68.4 Å². The molecular formula is C22H22N2O3S. The van der Waals surface area contributed by atoms with Crippen molar-refractivity contribution in [3.63, 3.8) is 0 Å². The molecule has 3 aromatic rings. The quantitative estimate of drug-likeness (QED) is 0.578. The van der Waals surface area contributed by atoms with Crippen LogP contribution < -0.4 is 10.6 Å². The van der Waals surface area contributed by atoms with Crippen LogP contribution >= 0.6 is 11.3 Å². The molecule has 5 nitrogen and oxygen atoms in total. The Bertz CT molecular complexity index is 982. The van der Waals surface area contributed by atoms with Crippen molar-refractivity contribution >= 4 is 28.8 Å². The monoisotopic (exact) mass is 394 g/mol. The predicted molar refractivity (Wildman–Crippen MR) is 111 cm³/mol. The van der Waals surface area contributed by atoms with Crippen LogP contribution in [-0.4, -0.2) is 16.9 Å². The molecule has 28 heavy (non-hydrogen) atoms. The van der Waals surface area contributed by atoms with E-state index in [9.17, 15) is 14.7 Å². The molecule has 0 fully saturated rings. The number of nitrogens with one attached hydrogen (secondary N) is 2. The molecule has 6 heteroatoms. The summed E-state index contributed by atoms with van der Waals surface area (Å²) >= 11 is 1.40. The summed E-state index contributed by atoms with van der Waals surface area (Å²) < 4.78 is 0. The molecule has 1 heterocycles. The van der Waals surface area contributed by atoms with Crippen molar-refractivity contribution in [2.45, 2.75) is 26.5 Å². The number of aryl methyl sites for hydroxylation is 2. The minimum atomic E-state index is -0.705. The van der Waals surface area contributed by atoms with Gasteiger partial charge in [0, 0.05) is 15.4 Å². The first-order chi connectivity index (χ1) is 13.4. The summed E-state index contributed by atoms with van der Waals surface area (Å²) in [6.45, 7) is 4.16. The first kappa shape index (κ1) is 19.8. The fourth-order valence-corrected chi connectivity index (χ4v) is 3.66. The molecule has 0 aliphatic heterocycles. The molecule has 1 atom stereocenters. The minimum absolute atomic E-state index is 0.228. The van der Waals surface area contributed by atoms with Crippen LogP contribution in [0.3, 0.4) is 0 Å². The summed E-state index contributed by atoms with van der Waals surface area (Å²) in [7, 11) is 0. The number of rotatable bonds is 5. The fraction of sp³-hybridized carbons (Fsp3) is 0.182. The van der Waals surface area contributed by atoms with Crippen molar-refractivity contribution in [2.24, 2.45) is 0 Å². The Kier molecular flexibility index (Phi) is 6.23. The van der Waals surface area contributed by atoms with Gasteiger partial charge in [0.15, 0.2) is 0 Å². The Morgan fingerprint density at radius 2 is 1.71 bits per heavy atom. The summed E-state index contributed by atoms with van der Waals surface area (Å²) in [6, 6.07) is 18.5. The van der Waals surface area contributed by atoms with Gasteiger partial charge in [0.05, 0.1) is 6.54 Å². The zero-order valence-electron chi connectivity index (χ0n) is 15.7. The molecule has 1 unspecified atom stereocenters. The lowest BCUT2D eigenvalue weighted by Gasteiger charge is -2.09. The lowest BCUT2D eigenvalue weighted by molar-refractivity contribution is -0.136. The van der Waals surface area contributed by atoms with Gasteiger partial charge >= 0.3 is 11.8 Å². The van der Waals surface area contributed by atoms with Crippen molar-refractivity contribution in [1.82, 2.24) is 5.32 Å². The maximum absolute atomic E-state index is 12.1. The van der Waals surface area contributed by atoms with Crippen molar-refractivity contribution in [3.05, 3.63) is 87.1 Å². The van der Waals surface area contributed by atoms with E-state index < -0.39 is 17.9 Å². The van der Waals surface area contributed by atoms with Crippen LogP contribution in [-0.2, 0) is 16.1 Å². The van der Waals surface area contributed by atoms with Crippen LogP contribution in [0.5, 0.6) is 0 Å². The highest BCUT2D eigenvalue weighted by Crippen LogP contribution is 2.28. The summed E-state index contributed by atoms with van der Waals surface area (Å²) in [6.07, 6.45) is -0.705. The number of hydrogen-bond donors (Lipinski definition) is 3. The lowest BCUT2D eigenvalue weighted by atomic mass is 10.1. The zero-order valence-corrected chi connectivity index (χ0v) is 16.5. The van der Waals surface area contributed by atoms with E-state index in [2.05, 4.69) is 10.6 Å². The summed E-state index contributed by atoms with van der Waals surface area (Å²) in [4.78, 5) is 25.8. The van der Waals surface area contributed by atoms with E-state index in [0.29, 0.717) is 5.69 Å². The first-order valence-electron chi connectivity index (χ1n) is 8.92. The van der Waals surface area contributed by atoms with Crippen LogP contribution in [0.25, 0.3) is 0 Å². The number of thiophene rings is 1. The Hall–Kier alpha value is -2.96. The molecular weight excluding hydrogens is 372 g/mol. The van der Waals surface area contributed by atoms with Crippen LogP contribution in [0.2, 0.25) is 0 Å². The molecule has 0 aliphatic carbocycles. The Morgan fingerprint density at radius 1 is 0.964 bits per heavy atom. The molecule has 2 aromatic carbocycles. The molecule has 0 aliphatic rings. The Morgan fingerprint density at radius 3 is 2.43 bits per heavy atom. The average molecular weight is 394 g/mol. The maximum atomic E-state index is 12.1. The van der Waals surface area contributed by atoms with E-state index in [-0.39, 0.29) is 6.54 Å². The summed E-state index contributed by atoms with van der Waals surface area (Å²) in [5, 5.41) is 15.7. The molecule has 3 rings (SSSR count). The molecule has 3 N–H and O–H groups in total. The molecule has 1 aromatic heterocycles. The average Bonchev–Trinajstić information content (AvgIpc) is 3.18. The second kappa shape index (κ2) is 8.82. The van der Waals surface area contributed by atoms with Gasteiger partial charge in [-0.15, -0.1) is 11.3 Å². The second-order valence-electron chi connectivity index (χ2n) is 6.55. The van der Waals surface area contributed by atoms with E-state index in [1.54, 1.807) is 6.07 Å². The van der Waals surface area contributed by atoms with Gasteiger partial charge in [0.25, 0.3) is 0 Å². The normalized spacial score (nSPS) is 11.7. The van der Waals surface area contributed by atoms with E-state index >= 15 is 0 Å². The van der Waals surface area contributed by atoms with E-state index in [1.165, 1.54) is 11.3 Å². The highest BCUT2D eigenvalue weighted by Gasteiger charge is 2.16. The van der Waals surface area contributed by atoms with Crippen LogP contribution in [0, 0.1) is 13.8 Å². The van der Waals surface area contributed by atoms with Gasteiger partial charge in [0.2, 0.25) is 0 Å². The number of amides is 2. The van der Waals surface area contributed by atoms with Crippen molar-refractivity contribution < 1.29 is 14.7 Å². The van der Waals surface area contributed by atoms with Crippen LogP contribution in [0.1, 0.15) is 32.5 Å². The SMILES string of the molecule is Cc1ccc(NC(=O)C(=O)NCc2ccc(C(O)c3ccccc3)s2)cc1C. The number of aliphatic hydroxyl groups is 1. The minimum Gasteiger partial charge on any atom is -0.383 e. The van der Waals surface area contributed by atoms with Gasteiger partial charge in [-0.25, -0.2) is 0 Å². The lowest BCUT2D eigenvalue weighted by Crippen LogP contribution is -2.34. The third-order valence-electron chi connectivity index (χ3n) is 4.46. The smallest absolute Gasteiger partial charge is 0.313 e. The van der Waals surface area contributed by atoms with Crippen molar-refractivity contribution in [3.8, 4) is 0 Å². The maximum Gasteiger partial charge on any atom is 0.313 e. The summed E-state index contributed by atoms with van der Waals surface area (Å²) in [5.74, 6) is -1.40. The molecule has 0 bridgehead atoms. The van der Waals surface area contributed by atoms with Gasteiger partial charge in [-0.1, -0.05) is 36.4 Å². The third-order valence-corrected chi connectivity index (χ3v) is 5.60. The topological polar surface area (TPSA) is 78.4 Å². The molecule has 0 saturated heterocycles. The highest BCUT2D eigenvalue weighted by atomic mass is 32.1. The molecule has 2 amide bonds. The fourth-order valence-electron chi connectivity index (χ4n) is 2.69. The van der Waals surface area contributed by atoms with Crippen molar-refractivity contribution in [2.75, 3.05) is 5.32 Å². The molecule has 144 valence electrons. The number of hydrogen-bond acceptors (Lipinski definition) is 4. The second-order valence-corrected chi connectivity index (χ2v) is 7.75. The first-order valence-corrected chi connectivity index (χ1v) is 9.74. The number of carbonyl (C=O) groups excluding carboxylic acids is 2. The van der Waals surface area contributed by atoms with E-state index in [0.717, 1.165) is 26.4 Å². The number of carbonyl (C=O) groups is 2. The number of anilines is 1. The van der Waals surface area contributed by atoms with Crippen LogP contribution in [0.15, 0.2) is 60.7 Å². The predicted octanol–water partition coefficient (Wildman–Crippen LogP) is 3.70. The Labute approximate surface area is 168 Å². The van der Waals surface area contributed by atoms with Crippen LogP contribution in [0.4, 0.5) is 5.69 Å². The van der Waals surface area contributed by atoms with Gasteiger partial charge in [0.1, 0.15) is 6.10 Å². The molecule has 0 spiro atoms. The van der Waals surface area contributed by atoms with Crippen molar-refractivity contribution in [1.29, 1.82) is 0 Å². The zero-order chi connectivity index (χ0) is 20.1. The molecule has 0 saturated carbocycles. The summed E-state index contributed by atoms with van der Waals surface area (Å²) in [5.41, 5.74) is 3.57. The third kappa shape index (κ3) is 4.85. The van der Waals surface area contributed by atoms with Gasteiger partial charge in [-0.3, -0.25) is 9.59 Å². The number of aliphatic hydroxyl groups excluding tert-OH is 1. The van der Waals surface area contributed by atoms with E-state index in [4.69, 9.17) is 0 Å². The van der Waals surface area contributed by atoms with Gasteiger partial charge in [-0.2, -0.15) is 0 Å². The van der Waals surface area contributed by atoms with Gasteiger partial charge in [-0.05, 0) is 54.8 Å². The standard InChI is InChI=1S/C22H22N2O3S/c1-14-8-9-17(12-15(14)2)24-22(27)21(26)23-13-18-10-11-19(28-18)20(25)16-6-4-3-5-7-16/h3-12,20,25H,13H2,1-2H3,(H,23,26)(H,24,27). The highest BCUT2D eigenvalue weighted by molar-refractivity contribution is 7.12.